The van der Waals surface area contributed by atoms with Crippen LogP contribution in [0.4, 0.5) is 0 Å². The third-order valence-electron chi connectivity index (χ3n) is 3.09. The summed E-state index contributed by atoms with van der Waals surface area (Å²) in [5.41, 5.74) is 8.20. The summed E-state index contributed by atoms with van der Waals surface area (Å²) in [5.74, 6) is 0.764. The molecule has 0 aromatic carbocycles. The van der Waals surface area contributed by atoms with Gasteiger partial charge in [0, 0.05) is 29.7 Å². The van der Waals surface area contributed by atoms with Gasteiger partial charge >= 0.3 is 0 Å². The van der Waals surface area contributed by atoms with Crippen molar-refractivity contribution in [1.82, 2.24) is 14.4 Å². The molecule has 15 heavy (non-hydrogen) atoms. The lowest BCUT2D eigenvalue weighted by Gasteiger charge is -2.07. The van der Waals surface area contributed by atoms with E-state index in [0.717, 1.165) is 36.3 Å². The number of rotatable bonds is 2. The van der Waals surface area contributed by atoms with Crippen molar-refractivity contribution in [3.63, 3.8) is 0 Å². The van der Waals surface area contributed by atoms with Crippen LogP contribution in [0.3, 0.4) is 0 Å². The van der Waals surface area contributed by atoms with E-state index in [2.05, 4.69) is 23.1 Å². The minimum atomic E-state index is -0.113. The molecule has 0 saturated heterocycles. The fourth-order valence-corrected chi connectivity index (χ4v) is 1.79. The van der Waals surface area contributed by atoms with Gasteiger partial charge in [-0.1, -0.05) is 6.92 Å². The quantitative estimate of drug-likeness (QED) is 0.797. The summed E-state index contributed by atoms with van der Waals surface area (Å²) in [6.45, 7) is 2.09. The lowest BCUT2D eigenvalue weighted by molar-refractivity contribution is 0.726. The molecule has 3 rings (SSSR count). The number of aryl methyl sites for hydroxylation is 1. The fourth-order valence-electron chi connectivity index (χ4n) is 1.79. The van der Waals surface area contributed by atoms with Crippen molar-refractivity contribution in [3.05, 3.63) is 29.8 Å². The highest BCUT2D eigenvalue weighted by Gasteiger charge is 2.40. The predicted octanol–water partition coefficient (Wildman–Crippen LogP) is 1.24. The van der Waals surface area contributed by atoms with Gasteiger partial charge in [-0.2, -0.15) is 0 Å². The van der Waals surface area contributed by atoms with Gasteiger partial charge in [-0.3, -0.25) is 4.40 Å². The van der Waals surface area contributed by atoms with Crippen LogP contribution in [0.25, 0.3) is 5.78 Å². The molecule has 1 aliphatic carbocycles. The highest BCUT2D eigenvalue weighted by molar-refractivity contribution is 5.35. The Balaban J connectivity index is 2.13. The molecular formula is C11H14N4. The molecule has 2 aromatic rings. The van der Waals surface area contributed by atoms with Gasteiger partial charge in [-0.25, -0.2) is 9.97 Å². The molecule has 2 N–H and O–H groups in total. The summed E-state index contributed by atoms with van der Waals surface area (Å²) in [6, 6.07) is 0. The SMILES string of the molecule is CCc1cn2cc(C3(N)CC3)cnc2n1. The summed E-state index contributed by atoms with van der Waals surface area (Å²) in [5, 5.41) is 0. The largest absolute Gasteiger partial charge is 0.321 e. The maximum atomic E-state index is 6.12. The molecule has 0 unspecified atom stereocenters. The van der Waals surface area contributed by atoms with Crippen LogP contribution in [0.5, 0.6) is 0 Å². The van der Waals surface area contributed by atoms with Crippen LogP contribution in [0.2, 0.25) is 0 Å². The standard InChI is InChI=1S/C11H14N4/c1-2-9-7-15-6-8(11(12)3-4-11)5-13-10(15)14-9/h5-7H,2-4,12H2,1H3. The van der Waals surface area contributed by atoms with Crippen LogP contribution in [-0.4, -0.2) is 14.4 Å². The van der Waals surface area contributed by atoms with Crippen LogP contribution in [0.1, 0.15) is 31.0 Å². The van der Waals surface area contributed by atoms with E-state index in [1.807, 2.05) is 16.8 Å². The molecule has 0 aliphatic heterocycles. The van der Waals surface area contributed by atoms with E-state index in [-0.39, 0.29) is 5.54 Å². The normalized spacial score (nSPS) is 18.3. The lowest BCUT2D eigenvalue weighted by atomic mass is 10.1. The zero-order valence-corrected chi connectivity index (χ0v) is 8.77. The molecular weight excluding hydrogens is 188 g/mol. The van der Waals surface area contributed by atoms with E-state index < -0.39 is 0 Å². The summed E-state index contributed by atoms with van der Waals surface area (Å²) >= 11 is 0. The van der Waals surface area contributed by atoms with E-state index >= 15 is 0 Å². The summed E-state index contributed by atoms with van der Waals surface area (Å²) in [4.78, 5) is 8.71. The van der Waals surface area contributed by atoms with E-state index in [9.17, 15) is 0 Å². The molecule has 1 saturated carbocycles. The van der Waals surface area contributed by atoms with E-state index in [4.69, 9.17) is 5.73 Å². The fraction of sp³-hybridized carbons (Fsp3) is 0.455. The van der Waals surface area contributed by atoms with Gasteiger partial charge in [0.25, 0.3) is 0 Å². The first kappa shape index (κ1) is 8.85. The van der Waals surface area contributed by atoms with Crippen LogP contribution >= 0.6 is 0 Å². The number of hydrogen-bond acceptors (Lipinski definition) is 3. The summed E-state index contributed by atoms with van der Waals surface area (Å²) < 4.78 is 1.97. The summed E-state index contributed by atoms with van der Waals surface area (Å²) in [7, 11) is 0. The molecule has 1 aliphatic rings. The zero-order valence-electron chi connectivity index (χ0n) is 8.77. The molecule has 0 amide bonds. The highest BCUT2D eigenvalue weighted by atomic mass is 15.1. The Morgan fingerprint density at radius 3 is 2.93 bits per heavy atom. The number of imidazole rings is 1. The van der Waals surface area contributed by atoms with Crippen molar-refractivity contribution in [3.8, 4) is 0 Å². The van der Waals surface area contributed by atoms with Gasteiger partial charge in [0.1, 0.15) is 0 Å². The van der Waals surface area contributed by atoms with Crippen molar-refractivity contribution in [2.45, 2.75) is 31.7 Å². The molecule has 0 bridgehead atoms. The smallest absolute Gasteiger partial charge is 0.233 e. The van der Waals surface area contributed by atoms with Crippen LogP contribution in [-0.2, 0) is 12.0 Å². The van der Waals surface area contributed by atoms with E-state index in [0.29, 0.717) is 0 Å². The maximum Gasteiger partial charge on any atom is 0.233 e. The Bertz CT molecular complexity index is 510. The van der Waals surface area contributed by atoms with Gasteiger partial charge in [0.2, 0.25) is 5.78 Å². The molecule has 0 spiro atoms. The van der Waals surface area contributed by atoms with Crippen LogP contribution < -0.4 is 5.73 Å². The van der Waals surface area contributed by atoms with Gasteiger partial charge in [-0.15, -0.1) is 0 Å². The van der Waals surface area contributed by atoms with Crippen LogP contribution in [0.15, 0.2) is 18.6 Å². The number of nitrogens with two attached hydrogens (primary N) is 1. The van der Waals surface area contributed by atoms with E-state index in [1.54, 1.807) is 0 Å². The number of fused-ring (bicyclic) bond motifs is 1. The van der Waals surface area contributed by atoms with Crippen molar-refractivity contribution in [1.29, 1.82) is 0 Å². The molecule has 4 heteroatoms. The van der Waals surface area contributed by atoms with Gasteiger partial charge < -0.3 is 5.73 Å². The average Bonchev–Trinajstić information content (AvgIpc) is 2.86. The Labute approximate surface area is 88.1 Å². The van der Waals surface area contributed by atoms with Crippen molar-refractivity contribution in [2.75, 3.05) is 0 Å². The summed E-state index contributed by atoms with van der Waals surface area (Å²) in [6.07, 6.45) is 9.01. The molecule has 0 radical (unpaired) electrons. The first-order chi connectivity index (χ1) is 7.21. The Kier molecular flexibility index (Phi) is 1.65. The lowest BCUT2D eigenvalue weighted by Crippen LogP contribution is -2.19. The number of nitrogens with zero attached hydrogens (tertiary/aromatic N) is 3. The van der Waals surface area contributed by atoms with Gasteiger partial charge in [-0.05, 0) is 19.3 Å². The molecule has 2 heterocycles. The molecule has 4 nitrogen and oxygen atoms in total. The monoisotopic (exact) mass is 202 g/mol. The third kappa shape index (κ3) is 1.33. The molecule has 1 fully saturated rings. The molecule has 0 atom stereocenters. The third-order valence-corrected chi connectivity index (χ3v) is 3.09. The topological polar surface area (TPSA) is 56.2 Å². The Morgan fingerprint density at radius 1 is 1.47 bits per heavy atom. The second kappa shape index (κ2) is 2.79. The average molecular weight is 202 g/mol. The van der Waals surface area contributed by atoms with Crippen LogP contribution in [0, 0.1) is 0 Å². The first-order valence-electron chi connectivity index (χ1n) is 5.34. The minimum absolute atomic E-state index is 0.113. The first-order valence-corrected chi connectivity index (χ1v) is 5.34. The maximum absolute atomic E-state index is 6.12. The zero-order chi connectivity index (χ0) is 10.5. The van der Waals surface area contributed by atoms with Crippen molar-refractivity contribution >= 4 is 5.78 Å². The van der Waals surface area contributed by atoms with Gasteiger partial charge in [0.15, 0.2) is 0 Å². The van der Waals surface area contributed by atoms with Crippen molar-refractivity contribution < 1.29 is 0 Å². The Hall–Kier alpha value is -1.42. The number of aromatic nitrogens is 3. The van der Waals surface area contributed by atoms with Gasteiger partial charge in [0.05, 0.1) is 5.69 Å². The second-order valence-corrected chi connectivity index (χ2v) is 4.29. The number of hydrogen-bond donors (Lipinski definition) is 1. The molecule has 2 aromatic heterocycles. The Morgan fingerprint density at radius 2 is 2.27 bits per heavy atom. The highest BCUT2D eigenvalue weighted by Crippen LogP contribution is 2.42. The van der Waals surface area contributed by atoms with Crippen molar-refractivity contribution in [2.24, 2.45) is 5.73 Å². The minimum Gasteiger partial charge on any atom is -0.321 e. The second-order valence-electron chi connectivity index (χ2n) is 4.29. The van der Waals surface area contributed by atoms with E-state index in [1.165, 1.54) is 0 Å². The molecule has 78 valence electrons. The predicted molar refractivity (Wildman–Crippen MR) is 57.5 cm³/mol.